The predicted molar refractivity (Wildman–Crippen MR) is 102 cm³/mol. The van der Waals surface area contributed by atoms with Crippen molar-refractivity contribution in [1.29, 1.82) is 0 Å². The Morgan fingerprint density at radius 3 is 2.70 bits per heavy atom. The lowest BCUT2D eigenvalue weighted by Crippen LogP contribution is -2.06. The number of aromatic nitrogens is 2. The molecule has 1 aromatic heterocycles. The van der Waals surface area contributed by atoms with E-state index in [9.17, 15) is 9.18 Å². The molecule has 2 N–H and O–H groups in total. The minimum Gasteiger partial charge on any atom is -0.465 e. The predicted octanol–water partition coefficient (Wildman–Crippen LogP) is 4.41. The summed E-state index contributed by atoms with van der Waals surface area (Å²) < 4.78 is 17.7. The van der Waals surface area contributed by atoms with Crippen molar-refractivity contribution < 1.29 is 13.9 Å². The van der Waals surface area contributed by atoms with Gasteiger partial charge in [-0.2, -0.15) is 4.98 Å². The number of hydrogen-bond donors (Lipinski definition) is 2. The smallest absolute Gasteiger partial charge is 0.337 e. The van der Waals surface area contributed by atoms with Gasteiger partial charge in [-0.25, -0.2) is 14.2 Å². The van der Waals surface area contributed by atoms with Crippen LogP contribution in [0.2, 0.25) is 5.02 Å². The van der Waals surface area contributed by atoms with Crippen molar-refractivity contribution in [1.82, 2.24) is 9.97 Å². The zero-order valence-electron chi connectivity index (χ0n) is 14.4. The third-order valence-electron chi connectivity index (χ3n) is 3.67. The summed E-state index contributed by atoms with van der Waals surface area (Å²) in [5.41, 5.74) is 1.78. The van der Waals surface area contributed by atoms with Crippen LogP contribution in [0.15, 0.2) is 54.7 Å². The first-order chi connectivity index (χ1) is 13.0. The van der Waals surface area contributed by atoms with E-state index in [4.69, 9.17) is 16.3 Å². The van der Waals surface area contributed by atoms with E-state index in [1.54, 1.807) is 42.6 Å². The molecular weight excluding hydrogens is 371 g/mol. The van der Waals surface area contributed by atoms with Crippen LogP contribution in [0.3, 0.4) is 0 Å². The zero-order chi connectivity index (χ0) is 19.2. The lowest BCUT2D eigenvalue weighted by Gasteiger charge is -2.11. The molecular formula is C19H16ClFN4O2. The second-order valence-corrected chi connectivity index (χ2v) is 5.96. The van der Waals surface area contributed by atoms with E-state index in [1.165, 1.54) is 19.2 Å². The number of rotatable bonds is 6. The van der Waals surface area contributed by atoms with Crippen LogP contribution < -0.4 is 10.6 Å². The molecule has 6 nitrogen and oxygen atoms in total. The molecule has 0 aliphatic carbocycles. The van der Waals surface area contributed by atoms with Crippen LogP contribution in [0.4, 0.5) is 21.8 Å². The van der Waals surface area contributed by atoms with Gasteiger partial charge in [-0.3, -0.25) is 0 Å². The molecule has 0 spiro atoms. The Morgan fingerprint density at radius 1 is 1.19 bits per heavy atom. The van der Waals surface area contributed by atoms with Crippen LogP contribution >= 0.6 is 11.6 Å². The van der Waals surface area contributed by atoms with E-state index in [0.717, 1.165) is 5.56 Å². The number of carbonyl (C=O) groups excluding carboxylic acids is 1. The molecule has 1 heterocycles. The Hall–Kier alpha value is -3.19. The Labute approximate surface area is 160 Å². The van der Waals surface area contributed by atoms with Gasteiger partial charge >= 0.3 is 5.97 Å². The minimum atomic E-state index is -0.459. The molecule has 0 bridgehead atoms. The number of anilines is 3. The molecule has 0 atom stereocenters. The Bertz CT molecular complexity index is 951. The summed E-state index contributed by atoms with van der Waals surface area (Å²) in [4.78, 5) is 20.2. The van der Waals surface area contributed by atoms with Gasteiger partial charge in [-0.15, -0.1) is 0 Å². The van der Waals surface area contributed by atoms with E-state index < -0.39 is 5.97 Å². The number of nitrogens with one attached hydrogen (secondary N) is 2. The summed E-state index contributed by atoms with van der Waals surface area (Å²) in [6.45, 7) is 0.447. The van der Waals surface area contributed by atoms with Crippen LogP contribution in [0.25, 0.3) is 0 Å². The van der Waals surface area contributed by atoms with E-state index >= 15 is 0 Å². The van der Waals surface area contributed by atoms with Gasteiger partial charge in [0.1, 0.15) is 11.6 Å². The highest BCUT2D eigenvalue weighted by atomic mass is 35.5. The topological polar surface area (TPSA) is 76.1 Å². The fraction of sp³-hybridized carbons (Fsp3) is 0.105. The standard InChI is InChI=1S/C19H16ClFN4O2/c1-27-18(26)13-4-7-15(20)16(10-13)24-17-8-9-22-19(25-17)23-11-12-2-5-14(21)6-3-12/h2-10H,11H2,1H3,(H2,22,23,24,25). The summed E-state index contributed by atoms with van der Waals surface area (Å²) in [5.74, 6) is 0.145. The third-order valence-corrected chi connectivity index (χ3v) is 4.00. The molecule has 2 aromatic carbocycles. The van der Waals surface area contributed by atoms with Crippen LogP contribution in [0, 0.1) is 5.82 Å². The molecule has 3 aromatic rings. The number of methoxy groups -OCH3 is 1. The minimum absolute atomic E-state index is 0.285. The lowest BCUT2D eigenvalue weighted by atomic mass is 10.2. The van der Waals surface area contributed by atoms with Gasteiger partial charge in [0.2, 0.25) is 5.95 Å². The molecule has 0 amide bonds. The average molecular weight is 387 g/mol. The van der Waals surface area contributed by atoms with Gasteiger partial charge < -0.3 is 15.4 Å². The van der Waals surface area contributed by atoms with Crippen LogP contribution in [0.1, 0.15) is 15.9 Å². The second-order valence-electron chi connectivity index (χ2n) is 5.56. The van der Waals surface area contributed by atoms with Crippen molar-refractivity contribution in [3.63, 3.8) is 0 Å². The molecule has 0 saturated carbocycles. The molecule has 3 rings (SSSR count). The second kappa shape index (κ2) is 8.46. The number of ether oxygens (including phenoxy) is 1. The molecule has 0 fully saturated rings. The van der Waals surface area contributed by atoms with Gasteiger partial charge in [-0.05, 0) is 42.0 Å². The average Bonchev–Trinajstić information content (AvgIpc) is 2.69. The van der Waals surface area contributed by atoms with Crippen molar-refractivity contribution in [2.75, 3.05) is 17.7 Å². The largest absolute Gasteiger partial charge is 0.465 e. The maximum Gasteiger partial charge on any atom is 0.337 e. The van der Waals surface area contributed by atoms with Crippen LogP contribution in [-0.2, 0) is 11.3 Å². The number of esters is 1. The van der Waals surface area contributed by atoms with E-state index in [0.29, 0.717) is 34.6 Å². The number of halogens is 2. The number of benzene rings is 2. The van der Waals surface area contributed by atoms with E-state index in [2.05, 4.69) is 20.6 Å². The van der Waals surface area contributed by atoms with Gasteiger partial charge in [0.25, 0.3) is 0 Å². The highest BCUT2D eigenvalue weighted by Crippen LogP contribution is 2.26. The van der Waals surface area contributed by atoms with Crippen molar-refractivity contribution in [2.45, 2.75) is 6.54 Å². The summed E-state index contributed by atoms with van der Waals surface area (Å²) >= 11 is 6.18. The molecule has 0 radical (unpaired) electrons. The molecule has 0 unspecified atom stereocenters. The van der Waals surface area contributed by atoms with Crippen molar-refractivity contribution in [3.8, 4) is 0 Å². The summed E-state index contributed by atoms with van der Waals surface area (Å²) in [7, 11) is 1.31. The summed E-state index contributed by atoms with van der Waals surface area (Å²) in [6, 6.07) is 12.6. The number of carbonyl (C=O) groups is 1. The summed E-state index contributed by atoms with van der Waals surface area (Å²) in [5, 5.41) is 6.56. The molecule has 0 saturated heterocycles. The number of nitrogens with zero attached hydrogens (tertiary/aromatic N) is 2. The first-order valence-corrected chi connectivity index (χ1v) is 8.39. The van der Waals surface area contributed by atoms with Crippen LogP contribution in [-0.4, -0.2) is 23.0 Å². The van der Waals surface area contributed by atoms with Gasteiger partial charge in [0.15, 0.2) is 0 Å². The first kappa shape index (κ1) is 18.6. The monoisotopic (exact) mass is 386 g/mol. The number of hydrogen-bond acceptors (Lipinski definition) is 6. The van der Waals surface area contributed by atoms with Crippen molar-refractivity contribution in [2.24, 2.45) is 0 Å². The SMILES string of the molecule is COC(=O)c1ccc(Cl)c(Nc2ccnc(NCc3ccc(F)cc3)n2)c1. The Kier molecular flexibility index (Phi) is 5.83. The van der Waals surface area contributed by atoms with E-state index in [1.807, 2.05) is 0 Å². The highest BCUT2D eigenvalue weighted by molar-refractivity contribution is 6.33. The first-order valence-electron chi connectivity index (χ1n) is 8.01. The van der Waals surface area contributed by atoms with Gasteiger partial charge in [0.05, 0.1) is 23.4 Å². The fourth-order valence-electron chi connectivity index (χ4n) is 2.30. The third kappa shape index (κ3) is 4.92. The quantitative estimate of drug-likeness (QED) is 0.611. The van der Waals surface area contributed by atoms with Crippen LogP contribution in [0.5, 0.6) is 0 Å². The molecule has 0 aliphatic heterocycles. The zero-order valence-corrected chi connectivity index (χ0v) is 15.1. The van der Waals surface area contributed by atoms with Gasteiger partial charge in [0, 0.05) is 12.7 Å². The van der Waals surface area contributed by atoms with Gasteiger partial charge in [-0.1, -0.05) is 23.7 Å². The van der Waals surface area contributed by atoms with Crippen molar-refractivity contribution in [3.05, 3.63) is 76.7 Å². The lowest BCUT2D eigenvalue weighted by molar-refractivity contribution is 0.0601. The van der Waals surface area contributed by atoms with Crippen molar-refractivity contribution >= 4 is 35.0 Å². The Balaban J connectivity index is 1.72. The highest BCUT2D eigenvalue weighted by Gasteiger charge is 2.10. The summed E-state index contributed by atoms with van der Waals surface area (Å²) in [6.07, 6.45) is 1.58. The molecule has 138 valence electrons. The normalized spacial score (nSPS) is 10.3. The molecule has 0 aliphatic rings. The Morgan fingerprint density at radius 2 is 1.96 bits per heavy atom. The molecule has 27 heavy (non-hydrogen) atoms. The maximum atomic E-state index is 13.0. The molecule has 8 heteroatoms. The van der Waals surface area contributed by atoms with E-state index in [-0.39, 0.29) is 5.82 Å². The fourth-order valence-corrected chi connectivity index (χ4v) is 2.47. The maximum absolute atomic E-state index is 13.0.